The van der Waals surface area contributed by atoms with E-state index >= 15 is 0 Å². The van der Waals surface area contributed by atoms with E-state index in [-0.39, 0.29) is 0 Å². The van der Waals surface area contributed by atoms with Crippen molar-refractivity contribution in [1.29, 1.82) is 0 Å². The molecule has 0 saturated carbocycles. The summed E-state index contributed by atoms with van der Waals surface area (Å²) in [5.74, 6) is 2.07. The van der Waals surface area contributed by atoms with Crippen LogP contribution in [0.4, 0.5) is 11.6 Å². The van der Waals surface area contributed by atoms with Crippen molar-refractivity contribution in [2.45, 2.75) is 25.7 Å². The highest BCUT2D eigenvalue weighted by Gasteiger charge is 2.15. The largest absolute Gasteiger partial charge is 0.478 e. The van der Waals surface area contributed by atoms with Gasteiger partial charge >= 0.3 is 0 Å². The van der Waals surface area contributed by atoms with Crippen LogP contribution in [-0.4, -0.2) is 67.3 Å². The van der Waals surface area contributed by atoms with E-state index in [2.05, 4.69) is 30.5 Å². The maximum Gasteiger partial charge on any atom is 0.215 e. The maximum absolute atomic E-state index is 10.4. The van der Waals surface area contributed by atoms with Crippen molar-refractivity contribution in [2.24, 2.45) is 10.7 Å². The van der Waals surface area contributed by atoms with Crippen molar-refractivity contribution in [2.75, 3.05) is 45.2 Å². The zero-order valence-corrected chi connectivity index (χ0v) is 19.2. The highest BCUT2D eigenvalue weighted by molar-refractivity contribution is 5.82. The van der Waals surface area contributed by atoms with Gasteiger partial charge in [0.05, 0.1) is 6.61 Å². The molecule has 0 saturated heterocycles. The fraction of sp³-hybridized carbons (Fsp3) is 0.417. The summed E-state index contributed by atoms with van der Waals surface area (Å²) >= 11 is 0. The number of hydrogen-bond donors (Lipinski definition) is 3. The molecule has 0 unspecified atom stereocenters. The number of carbonyl (C=O) groups excluding carboxylic acids is 1. The lowest BCUT2D eigenvalue weighted by atomic mass is 10.1. The van der Waals surface area contributed by atoms with Gasteiger partial charge in [0.25, 0.3) is 0 Å². The molecule has 0 fully saturated rings. The van der Waals surface area contributed by atoms with E-state index in [1.807, 2.05) is 43.6 Å². The Balaban J connectivity index is 1.39. The van der Waals surface area contributed by atoms with Gasteiger partial charge in [-0.2, -0.15) is 4.98 Å². The summed E-state index contributed by atoms with van der Waals surface area (Å²) in [5.41, 5.74) is 9.22. The van der Waals surface area contributed by atoms with Crippen molar-refractivity contribution >= 4 is 24.3 Å². The molecule has 33 heavy (non-hydrogen) atoms. The number of nitrogens with one attached hydrogen (secondary N) is 2. The van der Waals surface area contributed by atoms with E-state index in [0.717, 1.165) is 61.5 Å². The molecule has 0 spiro atoms. The molecule has 9 nitrogen and oxygen atoms in total. The third kappa shape index (κ3) is 7.87. The molecule has 3 heterocycles. The number of rotatable bonds is 13. The van der Waals surface area contributed by atoms with Gasteiger partial charge in [-0.3, -0.25) is 9.69 Å². The van der Waals surface area contributed by atoms with E-state index in [4.69, 9.17) is 10.5 Å². The van der Waals surface area contributed by atoms with Crippen LogP contribution in [0.2, 0.25) is 0 Å². The number of unbranched alkanes of at least 4 members (excludes halogenated alkanes) is 1. The molecule has 176 valence electrons. The summed E-state index contributed by atoms with van der Waals surface area (Å²) in [5, 5.41) is 5.76. The second-order valence-corrected chi connectivity index (χ2v) is 7.81. The first-order valence-electron chi connectivity index (χ1n) is 11.3. The maximum atomic E-state index is 10.4. The first kappa shape index (κ1) is 24.2. The molecule has 1 aliphatic rings. The van der Waals surface area contributed by atoms with Crippen LogP contribution in [0.1, 0.15) is 24.8 Å². The number of hydrogen-bond acceptors (Lipinski definition) is 8. The zero-order chi connectivity index (χ0) is 23.3. The first-order valence-corrected chi connectivity index (χ1v) is 11.3. The number of ether oxygens (including phenoxy) is 1. The SMILES string of the molecule is CNc1nc(OCCCCN2CCC(N)=C(/C=N/c3ccccn3)C2)ccc1CCNC=O. The van der Waals surface area contributed by atoms with E-state index < -0.39 is 0 Å². The van der Waals surface area contributed by atoms with Crippen LogP contribution in [0.15, 0.2) is 52.8 Å². The average molecular weight is 452 g/mol. The zero-order valence-electron chi connectivity index (χ0n) is 19.2. The lowest BCUT2D eigenvalue weighted by Crippen LogP contribution is -2.34. The highest BCUT2D eigenvalue weighted by Crippen LogP contribution is 2.19. The molecule has 0 bridgehead atoms. The minimum absolute atomic E-state index is 0.577. The molecule has 0 atom stereocenters. The number of aliphatic imine (C=N–C) groups is 1. The summed E-state index contributed by atoms with van der Waals surface area (Å²) in [4.78, 5) is 26.0. The number of anilines is 1. The Morgan fingerprint density at radius 3 is 2.97 bits per heavy atom. The Morgan fingerprint density at radius 2 is 2.18 bits per heavy atom. The molecule has 0 aromatic carbocycles. The molecule has 1 amide bonds. The Kier molecular flexibility index (Phi) is 9.65. The van der Waals surface area contributed by atoms with Crippen LogP contribution in [0, 0.1) is 0 Å². The van der Waals surface area contributed by atoms with Crippen molar-refractivity contribution in [1.82, 2.24) is 20.2 Å². The minimum atomic E-state index is 0.577. The van der Waals surface area contributed by atoms with Gasteiger partial charge in [0.1, 0.15) is 5.82 Å². The van der Waals surface area contributed by atoms with Gasteiger partial charge < -0.3 is 21.1 Å². The van der Waals surface area contributed by atoms with Gasteiger partial charge in [0.15, 0.2) is 5.82 Å². The fourth-order valence-electron chi connectivity index (χ4n) is 3.60. The van der Waals surface area contributed by atoms with E-state index in [9.17, 15) is 4.79 Å². The Bertz CT molecular complexity index is 947. The predicted molar refractivity (Wildman–Crippen MR) is 131 cm³/mol. The van der Waals surface area contributed by atoms with Gasteiger partial charge in [0.2, 0.25) is 12.3 Å². The monoisotopic (exact) mass is 451 g/mol. The summed E-state index contributed by atoms with van der Waals surface area (Å²) in [6.45, 7) is 3.93. The van der Waals surface area contributed by atoms with E-state index in [1.165, 1.54) is 0 Å². The Hall–Kier alpha value is -3.46. The van der Waals surface area contributed by atoms with Crippen molar-refractivity contribution in [3.05, 3.63) is 53.4 Å². The number of pyridine rings is 2. The number of nitrogens with two attached hydrogens (primary N) is 1. The minimum Gasteiger partial charge on any atom is -0.478 e. The third-order valence-electron chi connectivity index (χ3n) is 5.44. The number of aromatic nitrogens is 2. The van der Waals surface area contributed by atoms with E-state index in [1.54, 1.807) is 6.20 Å². The predicted octanol–water partition coefficient (Wildman–Crippen LogP) is 2.29. The summed E-state index contributed by atoms with van der Waals surface area (Å²) in [6, 6.07) is 9.53. The third-order valence-corrected chi connectivity index (χ3v) is 5.44. The van der Waals surface area contributed by atoms with Gasteiger partial charge in [-0.15, -0.1) is 0 Å². The van der Waals surface area contributed by atoms with Crippen LogP contribution in [-0.2, 0) is 11.2 Å². The van der Waals surface area contributed by atoms with Gasteiger partial charge in [0, 0.05) is 62.9 Å². The number of amides is 1. The van der Waals surface area contributed by atoms with Crippen LogP contribution in [0.5, 0.6) is 5.88 Å². The van der Waals surface area contributed by atoms with Crippen LogP contribution in [0.3, 0.4) is 0 Å². The first-order chi connectivity index (χ1) is 16.2. The molecule has 0 radical (unpaired) electrons. The van der Waals surface area contributed by atoms with Gasteiger partial charge in [-0.1, -0.05) is 6.07 Å². The number of carbonyl (C=O) groups is 1. The Morgan fingerprint density at radius 1 is 1.27 bits per heavy atom. The second kappa shape index (κ2) is 13.2. The molecule has 9 heteroatoms. The Labute approximate surface area is 195 Å². The number of nitrogens with zero attached hydrogens (tertiary/aromatic N) is 4. The van der Waals surface area contributed by atoms with E-state index in [0.29, 0.717) is 37.7 Å². The molecular weight excluding hydrogens is 418 g/mol. The van der Waals surface area contributed by atoms with Crippen LogP contribution >= 0.6 is 0 Å². The average Bonchev–Trinajstić information content (AvgIpc) is 2.85. The molecule has 2 aromatic heterocycles. The molecule has 0 aliphatic carbocycles. The van der Waals surface area contributed by atoms with Gasteiger partial charge in [-0.05, 0) is 49.6 Å². The molecule has 1 aliphatic heterocycles. The summed E-state index contributed by atoms with van der Waals surface area (Å²) in [7, 11) is 1.83. The lowest BCUT2D eigenvalue weighted by molar-refractivity contribution is -0.109. The lowest BCUT2D eigenvalue weighted by Gasteiger charge is -2.28. The molecule has 3 rings (SSSR count). The second-order valence-electron chi connectivity index (χ2n) is 7.81. The topological polar surface area (TPSA) is 118 Å². The quantitative estimate of drug-likeness (QED) is 0.243. The summed E-state index contributed by atoms with van der Waals surface area (Å²) in [6.07, 6.45) is 7.81. The fourth-order valence-corrected chi connectivity index (χ4v) is 3.60. The van der Waals surface area contributed by atoms with Crippen LogP contribution in [0.25, 0.3) is 0 Å². The summed E-state index contributed by atoms with van der Waals surface area (Å²) < 4.78 is 5.85. The smallest absolute Gasteiger partial charge is 0.215 e. The van der Waals surface area contributed by atoms with Crippen molar-refractivity contribution in [3.8, 4) is 5.88 Å². The highest BCUT2D eigenvalue weighted by atomic mass is 16.5. The molecular formula is C24H33N7O2. The van der Waals surface area contributed by atoms with Crippen LogP contribution < -0.4 is 21.1 Å². The van der Waals surface area contributed by atoms with Crippen molar-refractivity contribution < 1.29 is 9.53 Å². The molecule has 4 N–H and O–H groups in total. The normalized spacial score (nSPS) is 14.5. The molecule has 2 aromatic rings. The van der Waals surface area contributed by atoms with Gasteiger partial charge in [-0.25, -0.2) is 9.98 Å². The van der Waals surface area contributed by atoms with Crippen molar-refractivity contribution in [3.63, 3.8) is 0 Å². The standard InChI is InChI=1S/C24H33N7O2/c1-26-24-19(9-12-27-18-32)7-8-23(30-24)33-15-5-4-13-31-14-10-21(25)20(17-31)16-29-22-6-2-3-11-28-22/h2-3,6-8,11,16,18H,4-5,9-10,12-15,17,25H2,1H3,(H,26,30)(H,27,32)/b29-16+.